The molecule has 0 saturated carbocycles. The number of carbonyl (C=O) groups excluding carboxylic acids is 2. The third-order valence-corrected chi connectivity index (χ3v) is 4.42. The highest BCUT2D eigenvalue weighted by molar-refractivity contribution is 6.36. The van der Waals surface area contributed by atoms with Gasteiger partial charge in [0, 0.05) is 21.9 Å². The van der Waals surface area contributed by atoms with Crippen LogP contribution in [0.25, 0.3) is 10.8 Å². The van der Waals surface area contributed by atoms with Gasteiger partial charge in [0.1, 0.15) is 12.1 Å². The van der Waals surface area contributed by atoms with Crippen LogP contribution in [0.15, 0.2) is 65.8 Å². The Morgan fingerprint density at radius 1 is 0.857 bits per heavy atom. The van der Waals surface area contributed by atoms with Gasteiger partial charge in [0.05, 0.1) is 11.4 Å². The predicted octanol–water partition coefficient (Wildman–Crippen LogP) is 3.46. The van der Waals surface area contributed by atoms with Gasteiger partial charge in [0.2, 0.25) is 5.71 Å². The quantitative estimate of drug-likeness (QED) is 0.434. The Morgan fingerprint density at radius 2 is 1.54 bits per heavy atom. The first-order valence-electron chi connectivity index (χ1n) is 8.29. The molecular formula is C21H11N5O2. The lowest BCUT2D eigenvalue weighted by atomic mass is 9.93. The van der Waals surface area contributed by atoms with E-state index in [9.17, 15) is 9.59 Å². The number of hydrogen-bond acceptors (Lipinski definition) is 6. The van der Waals surface area contributed by atoms with E-state index in [0.29, 0.717) is 33.3 Å². The minimum atomic E-state index is -0.412. The summed E-state index contributed by atoms with van der Waals surface area (Å²) in [5, 5.41) is 22.5. The van der Waals surface area contributed by atoms with Gasteiger partial charge in [-0.05, 0) is 30.3 Å². The van der Waals surface area contributed by atoms with Crippen molar-refractivity contribution in [1.29, 1.82) is 10.5 Å². The van der Waals surface area contributed by atoms with Gasteiger partial charge < -0.3 is 0 Å². The molecular weight excluding hydrogens is 354 g/mol. The molecule has 0 radical (unpaired) electrons. The van der Waals surface area contributed by atoms with Crippen molar-refractivity contribution in [1.82, 2.24) is 0 Å². The van der Waals surface area contributed by atoms with Gasteiger partial charge in [-0.15, -0.1) is 0 Å². The Labute approximate surface area is 159 Å². The summed E-state index contributed by atoms with van der Waals surface area (Å²) in [6, 6.07) is 20.4. The van der Waals surface area contributed by atoms with Crippen molar-refractivity contribution >= 4 is 39.7 Å². The van der Waals surface area contributed by atoms with E-state index in [-0.39, 0.29) is 5.71 Å². The SMILES string of the molecule is N#CC(C#N)=NNc1ccc2c3c(cccc13)C(=O)N(c1ccccc1)C2=O. The molecule has 4 rings (SSSR count). The Kier molecular flexibility index (Phi) is 4.04. The number of carbonyl (C=O) groups is 2. The molecule has 0 bridgehead atoms. The number of anilines is 2. The van der Waals surface area contributed by atoms with E-state index < -0.39 is 11.8 Å². The van der Waals surface area contributed by atoms with Crippen molar-refractivity contribution in [2.24, 2.45) is 5.10 Å². The maximum Gasteiger partial charge on any atom is 0.265 e. The van der Waals surface area contributed by atoms with Crippen LogP contribution in [0.4, 0.5) is 11.4 Å². The number of benzene rings is 3. The molecule has 0 aliphatic carbocycles. The molecule has 132 valence electrons. The van der Waals surface area contributed by atoms with Crippen molar-refractivity contribution < 1.29 is 9.59 Å². The highest BCUT2D eigenvalue weighted by Crippen LogP contribution is 2.36. The highest BCUT2D eigenvalue weighted by atomic mass is 16.2. The molecule has 1 aliphatic rings. The van der Waals surface area contributed by atoms with Crippen molar-refractivity contribution in [2.45, 2.75) is 0 Å². The normalized spacial score (nSPS) is 12.3. The Bertz CT molecular complexity index is 1210. The first-order valence-corrected chi connectivity index (χ1v) is 8.29. The third-order valence-electron chi connectivity index (χ3n) is 4.42. The standard InChI is InChI=1S/C21H11N5O2/c22-11-13(12-23)24-25-18-10-9-17-19-15(18)7-4-8-16(19)20(27)26(21(17)28)14-5-2-1-3-6-14/h1-10,25H. The fourth-order valence-corrected chi connectivity index (χ4v) is 3.20. The summed E-state index contributed by atoms with van der Waals surface area (Å²) in [6.07, 6.45) is 0. The zero-order valence-electron chi connectivity index (χ0n) is 14.4. The van der Waals surface area contributed by atoms with Crippen molar-refractivity contribution in [3.8, 4) is 12.1 Å². The minimum absolute atomic E-state index is 0.331. The molecule has 1 N–H and O–H groups in total. The summed E-state index contributed by atoms with van der Waals surface area (Å²) in [7, 11) is 0. The molecule has 0 unspecified atom stereocenters. The second-order valence-corrected chi connectivity index (χ2v) is 5.97. The van der Waals surface area contributed by atoms with Gasteiger partial charge in [-0.25, -0.2) is 4.90 Å². The minimum Gasteiger partial charge on any atom is -0.276 e. The van der Waals surface area contributed by atoms with Crippen molar-refractivity contribution in [2.75, 3.05) is 10.3 Å². The largest absolute Gasteiger partial charge is 0.276 e. The Hall–Kier alpha value is -4.49. The molecule has 0 saturated heterocycles. The summed E-state index contributed by atoms with van der Waals surface area (Å²) in [5.74, 6) is -0.825. The number of imide groups is 1. The van der Waals surface area contributed by atoms with Gasteiger partial charge in [0.15, 0.2) is 0 Å². The Balaban J connectivity index is 1.88. The smallest absolute Gasteiger partial charge is 0.265 e. The molecule has 0 fully saturated rings. The summed E-state index contributed by atoms with van der Waals surface area (Å²) < 4.78 is 0. The lowest BCUT2D eigenvalue weighted by Crippen LogP contribution is -2.40. The van der Waals surface area contributed by atoms with Crippen LogP contribution in [0.5, 0.6) is 0 Å². The Morgan fingerprint density at radius 3 is 2.21 bits per heavy atom. The van der Waals surface area contributed by atoms with E-state index in [1.54, 1.807) is 66.7 Å². The molecule has 7 nitrogen and oxygen atoms in total. The number of rotatable bonds is 3. The number of nitrogens with zero attached hydrogens (tertiary/aromatic N) is 4. The van der Waals surface area contributed by atoms with E-state index in [1.807, 2.05) is 6.07 Å². The van der Waals surface area contributed by atoms with E-state index >= 15 is 0 Å². The van der Waals surface area contributed by atoms with Gasteiger partial charge in [-0.1, -0.05) is 30.3 Å². The van der Waals surface area contributed by atoms with Crippen LogP contribution in [-0.4, -0.2) is 17.5 Å². The molecule has 2 amide bonds. The summed E-state index contributed by atoms with van der Waals surface area (Å²) in [5.41, 5.74) is 4.11. The van der Waals surface area contributed by atoms with Gasteiger partial charge >= 0.3 is 0 Å². The zero-order valence-corrected chi connectivity index (χ0v) is 14.4. The van der Waals surface area contributed by atoms with E-state index in [1.165, 1.54) is 0 Å². The molecule has 0 atom stereocenters. The second kappa shape index (κ2) is 6.67. The lowest BCUT2D eigenvalue weighted by Gasteiger charge is -2.27. The number of para-hydroxylation sites is 1. The van der Waals surface area contributed by atoms with Crippen LogP contribution in [0.2, 0.25) is 0 Å². The number of nitriles is 2. The number of nitrogens with one attached hydrogen (secondary N) is 1. The first-order chi connectivity index (χ1) is 13.7. The average molecular weight is 365 g/mol. The number of hydrogen-bond donors (Lipinski definition) is 1. The van der Waals surface area contributed by atoms with Crippen molar-refractivity contribution in [3.05, 3.63) is 71.8 Å². The fourth-order valence-electron chi connectivity index (χ4n) is 3.20. The number of amides is 2. The van der Waals surface area contributed by atoms with Crippen LogP contribution in [0.3, 0.4) is 0 Å². The molecule has 3 aromatic carbocycles. The van der Waals surface area contributed by atoms with E-state index in [0.717, 1.165) is 4.90 Å². The summed E-state index contributed by atoms with van der Waals surface area (Å²) in [6.45, 7) is 0. The van der Waals surface area contributed by atoms with Crippen LogP contribution in [0.1, 0.15) is 20.7 Å². The van der Waals surface area contributed by atoms with Crippen LogP contribution in [0, 0.1) is 22.7 Å². The van der Waals surface area contributed by atoms with E-state index in [2.05, 4.69) is 10.5 Å². The lowest BCUT2D eigenvalue weighted by molar-refractivity contribution is 0.0893. The fraction of sp³-hybridized carbons (Fsp3) is 0. The van der Waals surface area contributed by atoms with Crippen LogP contribution in [-0.2, 0) is 0 Å². The highest BCUT2D eigenvalue weighted by Gasteiger charge is 2.34. The van der Waals surface area contributed by atoms with Crippen LogP contribution < -0.4 is 10.3 Å². The summed E-state index contributed by atoms with van der Waals surface area (Å²) in [4.78, 5) is 27.3. The molecule has 7 heteroatoms. The van der Waals surface area contributed by atoms with Gasteiger partial charge in [-0.3, -0.25) is 15.0 Å². The maximum absolute atomic E-state index is 13.1. The van der Waals surface area contributed by atoms with E-state index in [4.69, 9.17) is 10.5 Å². The summed E-state index contributed by atoms with van der Waals surface area (Å²) >= 11 is 0. The monoisotopic (exact) mass is 365 g/mol. The zero-order chi connectivity index (χ0) is 19.7. The second-order valence-electron chi connectivity index (χ2n) is 5.97. The number of hydrazone groups is 1. The molecule has 1 heterocycles. The maximum atomic E-state index is 13.1. The first kappa shape index (κ1) is 17.0. The molecule has 28 heavy (non-hydrogen) atoms. The average Bonchev–Trinajstić information content (AvgIpc) is 2.74. The third kappa shape index (κ3) is 2.56. The topological polar surface area (TPSA) is 109 Å². The molecule has 0 spiro atoms. The molecule has 3 aromatic rings. The van der Waals surface area contributed by atoms with Gasteiger partial charge in [0.25, 0.3) is 11.8 Å². The predicted molar refractivity (Wildman–Crippen MR) is 104 cm³/mol. The van der Waals surface area contributed by atoms with Crippen LogP contribution >= 0.6 is 0 Å². The molecule has 0 aromatic heterocycles. The molecule has 1 aliphatic heterocycles. The van der Waals surface area contributed by atoms with Crippen molar-refractivity contribution in [3.63, 3.8) is 0 Å². The van der Waals surface area contributed by atoms with Gasteiger partial charge in [-0.2, -0.15) is 15.6 Å².